The van der Waals surface area contributed by atoms with Gasteiger partial charge < -0.3 is 15.1 Å². The SMILES string of the molecule is Cc1cc(C)cc(C(O)CN(C)CCC(C)O)c1. The van der Waals surface area contributed by atoms with Gasteiger partial charge in [-0.25, -0.2) is 0 Å². The highest BCUT2D eigenvalue weighted by Gasteiger charge is 2.12. The Morgan fingerprint density at radius 1 is 1.11 bits per heavy atom. The molecule has 0 aliphatic heterocycles. The fourth-order valence-electron chi connectivity index (χ4n) is 2.10. The van der Waals surface area contributed by atoms with Crippen molar-refractivity contribution in [3.05, 3.63) is 34.9 Å². The highest BCUT2D eigenvalue weighted by Crippen LogP contribution is 2.17. The zero-order valence-electron chi connectivity index (χ0n) is 11.8. The van der Waals surface area contributed by atoms with Crippen molar-refractivity contribution in [2.45, 2.75) is 39.4 Å². The lowest BCUT2D eigenvalue weighted by molar-refractivity contribution is 0.111. The number of hydrogen-bond donors (Lipinski definition) is 2. The maximum Gasteiger partial charge on any atom is 0.0916 e. The second kappa shape index (κ2) is 6.88. The zero-order chi connectivity index (χ0) is 13.7. The first kappa shape index (κ1) is 15.2. The van der Waals surface area contributed by atoms with E-state index in [2.05, 4.69) is 11.0 Å². The number of nitrogens with zero attached hydrogens (tertiary/aromatic N) is 1. The number of aliphatic hydroxyl groups excluding tert-OH is 2. The second-order valence-corrected chi connectivity index (χ2v) is 5.34. The molecule has 0 aromatic heterocycles. The molecular weight excluding hydrogens is 226 g/mol. The molecule has 0 spiro atoms. The van der Waals surface area contributed by atoms with E-state index >= 15 is 0 Å². The van der Waals surface area contributed by atoms with Crippen molar-refractivity contribution in [3.8, 4) is 0 Å². The molecule has 1 rings (SSSR count). The summed E-state index contributed by atoms with van der Waals surface area (Å²) < 4.78 is 0. The van der Waals surface area contributed by atoms with Crippen molar-refractivity contribution < 1.29 is 10.2 Å². The molecular formula is C15H25NO2. The normalized spacial score (nSPS) is 14.8. The van der Waals surface area contributed by atoms with Gasteiger partial charge in [0.15, 0.2) is 0 Å². The fraction of sp³-hybridized carbons (Fsp3) is 0.600. The largest absolute Gasteiger partial charge is 0.393 e. The molecule has 18 heavy (non-hydrogen) atoms. The number of hydrogen-bond acceptors (Lipinski definition) is 3. The van der Waals surface area contributed by atoms with Crippen LogP contribution in [-0.2, 0) is 0 Å². The van der Waals surface area contributed by atoms with Gasteiger partial charge in [0, 0.05) is 13.1 Å². The maximum absolute atomic E-state index is 10.2. The van der Waals surface area contributed by atoms with Crippen LogP contribution in [0.2, 0.25) is 0 Å². The van der Waals surface area contributed by atoms with E-state index in [9.17, 15) is 10.2 Å². The Hall–Kier alpha value is -0.900. The standard InChI is InChI=1S/C15H25NO2/c1-11-7-12(2)9-14(8-11)15(18)10-16(4)6-5-13(3)17/h7-9,13,15,17-18H,5-6,10H2,1-4H3. The molecule has 102 valence electrons. The van der Waals surface area contributed by atoms with E-state index in [4.69, 9.17) is 0 Å². The van der Waals surface area contributed by atoms with E-state index in [-0.39, 0.29) is 6.10 Å². The van der Waals surface area contributed by atoms with E-state index < -0.39 is 6.10 Å². The van der Waals surface area contributed by atoms with E-state index in [1.165, 1.54) is 11.1 Å². The number of aliphatic hydroxyl groups is 2. The van der Waals surface area contributed by atoms with Crippen molar-refractivity contribution in [3.63, 3.8) is 0 Å². The van der Waals surface area contributed by atoms with Crippen LogP contribution in [0.3, 0.4) is 0 Å². The van der Waals surface area contributed by atoms with E-state index in [0.717, 1.165) is 18.5 Å². The summed E-state index contributed by atoms with van der Waals surface area (Å²) >= 11 is 0. The average Bonchev–Trinajstić information content (AvgIpc) is 2.25. The molecule has 3 nitrogen and oxygen atoms in total. The van der Waals surface area contributed by atoms with Crippen LogP contribution in [0.5, 0.6) is 0 Å². The Labute approximate surface area is 110 Å². The van der Waals surface area contributed by atoms with Crippen molar-refractivity contribution >= 4 is 0 Å². The van der Waals surface area contributed by atoms with Gasteiger partial charge in [-0.15, -0.1) is 0 Å². The molecule has 1 aromatic carbocycles. The first-order valence-electron chi connectivity index (χ1n) is 6.51. The number of rotatable bonds is 6. The van der Waals surface area contributed by atoms with Crippen LogP contribution in [-0.4, -0.2) is 41.4 Å². The summed E-state index contributed by atoms with van der Waals surface area (Å²) in [6.07, 6.45) is -0.0239. The molecule has 0 aliphatic rings. The summed E-state index contributed by atoms with van der Waals surface area (Å²) in [7, 11) is 1.97. The number of benzene rings is 1. The topological polar surface area (TPSA) is 43.7 Å². The molecule has 0 saturated carbocycles. The Morgan fingerprint density at radius 3 is 2.17 bits per heavy atom. The molecule has 0 heterocycles. The second-order valence-electron chi connectivity index (χ2n) is 5.34. The summed E-state index contributed by atoms with van der Waals surface area (Å²) in [6, 6.07) is 6.16. The molecule has 0 aliphatic carbocycles. The molecule has 0 saturated heterocycles. The molecule has 0 bridgehead atoms. The van der Waals surface area contributed by atoms with Crippen LogP contribution >= 0.6 is 0 Å². The third-order valence-electron chi connectivity index (χ3n) is 3.04. The number of aryl methyl sites for hydroxylation is 2. The van der Waals surface area contributed by atoms with Crippen LogP contribution in [0.1, 0.15) is 36.1 Å². The van der Waals surface area contributed by atoms with Gasteiger partial charge in [-0.3, -0.25) is 0 Å². The molecule has 2 atom stereocenters. The number of likely N-dealkylation sites (N-methyl/N-ethyl adjacent to an activating group) is 1. The Kier molecular flexibility index (Phi) is 5.79. The minimum Gasteiger partial charge on any atom is -0.393 e. The van der Waals surface area contributed by atoms with Crippen LogP contribution in [0.25, 0.3) is 0 Å². The minimum atomic E-state index is -0.470. The molecule has 2 N–H and O–H groups in total. The molecule has 1 aromatic rings. The van der Waals surface area contributed by atoms with Crippen molar-refractivity contribution in [1.82, 2.24) is 4.90 Å². The molecule has 0 radical (unpaired) electrons. The Morgan fingerprint density at radius 2 is 1.67 bits per heavy atom. The first-order valence-corrected chi connectivity index (χ1v) is 6.51. The predicted molar refractivity (Wildman–Crippen MR) is 74.7 cm³/mol. The highest BCUT2D eigenvalue weighted by molar-refractivity contribution is 5.30. The monoisotopic (exact) mass is 251 g/mol. The van der Waals surface area contributed by atoms with Gasteiger partial charge >= 0.3 is 0 Å². The Bertz CT molecular complexity index is 357. The third-order valence-corrected chi connectivity index (χ3v) is 3.04. The third kappa shape index (κ3) is 5.17. The van der Waals surface area contributed by atoms with E-state index in [1.54, 1.807) is 6.92 Å². The maximum atomic E-state index is 10.2. The van der Waals surface area contributed by atoms with E-state index in [0.29, 0.717) is 6.54 Å². The Balaban J connectivity index is 2.56. The summed E-state index contributed by atoms with van der Waals surface area (Å²) in [5.74, 6) is 0. The zero-order valence-corrected chi connectivity index (χ0v) is 11.8. The quantitative estimate of drug-likeness (QED) is 0.813. The molecule has 2 unspecified atom stereocenters. The average molecular weight is 251 g/mol. The van der Waals surface area contributed by atoms with Gasteiger partial charge in [0.1, 0.15) is 0 Å². The van der Waals surface area contributed by atoms with Gasteiger partial charge in [0.2, 0.25) is 0 Å². The van der Waals surface area contributed by atoms with Gasteiger partial charge in [0.25, 0.3) is 0 Å². The van der Waals surface area contributed by atoms with Crippen molar-refractivity contribution in [1.29, 1.82) is 0 Å². The van der Waals surface area contributed by atoms with Gasteiger partial charge in [0.05, 0.1) is 12.2 Å². The fourth-order valence-corrected chi connectivity index (χ4v) is 2.10. The minimum absolute atomic E-state index is 0.286. The van der Waals surface area contributed by atoms with Crippen molar-refractivity contribution in [2.24, 2.45) is 0 Å². The van der Waals surface area contributed by atoms with E-state index in [1.807, 2.05) is 33.0 Å². The lowest BCUT2D eigenvalue weighted by Crippen LogP contribution is -2.27. The van der Waals surface area contributed by atoms with Gasteiger partial charge in [-0.05, 0) is 39.8 Å². The first-order chi connectivity index (χ1) is 8.38. The lowest BCUT2D eigenvalue weighted by Gasteiger charge is -2.21. The summed E-state index contributed by atoms with van der Waals surface area (Å²) in [5.41, 5.74) is 3.32. The molecule has 0 amide bonds. The van der Waals surface area contributed by atoms with Crippen LogP contribution in [0, 0.1) is 13.8 Å². The summed E-state index contributed by atoms with van der Waals surface area (Å²) in [6.45, 7) is 7.25. The smallest absolute Gasteiger partial charge is 0.0916 e. The summed E-state index contributed by atoms with van der Waals surface area (Å²) in [4.78, 5) is 2.05. The summed E-state index contributed by atoms with van der Waals surface area (Å²) in [5, 5.41) is 19.4. The van der Waals surface area contributed by atoms with Gasteiger partial charge in [-0.2, -0.15) is 0 Å². The van der Waals surface area contributed by atoms with Crippen molar-refractivity contribution in [2.75, 3.05) is 20.1 Å². The molecule has 0 fully saturated rings. The van der Waals surface area contributed by atoms with Crippen LogP contribution in [0.15, 0.2) is 18.2 Å². The van der Waals surface area contributed by atoms with Gasteiger partial charge in [-0.1, -0.05) is 29.3 Å². The predicted octanol–water partition coefficient (Wildman–Crippen LogP) is 2.04. The molecule has 3 heteroatoms. The highest BCUT2D eigenvalue weighted by atomic mass is 16.3. The lowest BCUT2D eigenvalue weighted by atomic mass is 10.0. The van der Waals surface area contributed by atoms with Crippen LogP contribution < -0.4 is 0 Å². The van der Waals surface area contributed by atoms with Crippen LogP contribution in [0.4, 0.5) is 0 Å².